The molecule has 2 N–H and O–H groups in total. The van der Waals surface area contributed by atoms with Gasteiger partial charge in [0.15, 0.2) is 0 Å². The molecule has 3 aliphatic rings. The van der Waals surface area contributed by atoms with Crippen LogP contribution < -0.4 is 10.6 Å². The average molecular weight is 350 g/mol. The van der Waals surface area contributed by atoms with Gasteiger partial charge < -0.3 is 15.5 Å². The van der Waals surface area contributed by atoms with Gasteiger partial charge in [-0.1, -0.05) is 0 Å². The van der Waals surface area contributed by atoms with Crippen LogP contribution in [0.2, 0.25) is 0 Å². The molecular formula is C18H30N4O3. The van der Waals surface area contributed by atoms with Crippen LogP contribution in [0.1, 0.15) is 32.1 Å². The van der Waals surface area contributed by atoms with Crippen molar-refractivity contribution in [3.63, 3.8) is 0 Å². The molecule has 3 heterocycles. The van der Waals surface area contributed by atoms with Crippen molar-refractivity contribution in [2.24, 2.45) is 5.92 Å². The lowest BCUT2D eigenvalue weighted by molar-refractivity contribution is -0.194. The van der Waals surface area contributed by atoms with Crippen molar-refractivity contribution in [1.82, 2.24) is 20.6 Å². The second-order valence-corrected chi connectivity index (χ2v) is 7.30. The van der Waals surface area contributed by atoms with Crippen molar-refractivity contribution in [1.29, 1.82) is 0 Å². The van der Waals surface area contributed by atoms with Crippen molar-refractivity contribution < 1.29 is 14.4 Å². The van der Waals surface area contributed by atoms with E-state index in [9.17, 15) is 9.59 Å². The largest absolute Gasteiger partial charge is 0.364 e. The lowest BCUT2D eigenvalue weighted by atomic mass is 9.91. The van der Waals surface area contributed by atoms with Crippen molar-refractivity contribution in [2.45, 2.75) is 38.1 Å². The fraction of sp³-hybridized carbons (Fsp3) is 0.833. The molecule has 0 amide bonds. The molecule has 0 aromatic carbocycles. The number of hydrogen-bond donors (Lipinski definition) is 2. The van der Waals surface area contributed by atoms with E-state index in [2.05, 4.69) is 15.5 Å². The van der Waals surface area contributed by atoms with Gasteiger partial charge >= 0.3 is 5.97 Å². The molecule has 3 fully saturated rings. The number of piperidine rings is 2. The normalized spacial score (nSPS) is 24.6. The molecule has 3 rings (SSSR count). The molecule has 0 bridgehead atoms. The number of carbonyl (C=O) groups is 1. The average Bonchev–Trinajstić information content (AvgIpc) is 2.68. The lowest BCUT2D eigenvalue weighted by Gasteiger charge is -2.39. The summed E-state index contributed by atoms with van der Waals surface area (Å²) in [5.74, 6) is 1.69. The molecule has 0 aromatic rings. The molecule has 25 heavy (non-hydrogen) atoms. The number of nitrogens with zero attached hydrogens (tertiary/aromatic N) is 2. The number of nitrogens with one attached hydrogen (secondary N) is 2. The van der Waals surface area contributed by atoms with Gasteiger partial charge in [-0.25, -0.2) is 9.59 Å². The summed E-state index contributed by atoms with van der Waals surface area (Å²) in [7, 11) is 0. The molecule has 7 nitrogen and oxygen atoms in total. The van der Waals surface area contributed by atoms with E-state index < -0.39 is 5.97 Å². The SMILES string of the molecule is O=C=C(CC1CCNCC1)C(=O)ON1CCN(C2CCNCC2)CC1. The summed E-state index contributed by atoms with van der Waals surface area (Å²) in [6.45, 7) is 7.30. The van der Waals surface area contributed by atoms with Crippen LogP contribution in [0.15, 0.2) is 5.57 Å². The van der Waals surface area contributed by atoms with Crippen LogP contribution in [0.5, 0.6) is 0 Å². The minimum absolute atomic E-state index is 0.160. The molecular weight excluding hydrogens is 320 g/mol. The van der Waals surface area contributed by atoms with Crippen molar-refractivity contribution in [3.05, 3.63) is 5.57 Å². The Morgan fingerprint density at radius 2 is 1.56 bits per heavy atom. The van der Waals surface area contributed by atoms with Gasteiger partial charge in [-0.3, -0.25) is 4.90 Å². The maximum absolute atomic E-state index is 12.3. The van der Waals surface area contributed by atoms with E-state index in [1.165, 1.54) is 12.8 Å². The summed E-state index contributed by atoms with van der Waals surface area (Å²) >= 11 is 0. The van der Waals surface area contributed by atoms with Crippen LogP contribution in [0.25, 0.3) is 0 Å². The Balaban J connectivity index is 1.42. The van der Waals surface area contributed by atoms with Crippen LogP contribution in [-0.2, 0) is 14.4 Å². The van der Waals surface area contributed by atoms with E-state index in [-0.39, 0.29) is 5.57 Å². The topological polar surface area (TPSA) is 73.9 Å². The van der Waals surface area contributed by atoms with Crippen LogP contribution in [-0.4, -0.2) is 80.3 Å². The van der Waals surface area contributed by atoms with Crippen molar-refractivity contribution >= 4 is 11.9 Å². The second kappa shape index (κ2) is 9.46. The predicted octanol–water partition coefficient (Wildman–Crippen LogP) is -0.0381. The Morgan fingerprint density at radius 3 is 2.16 bits per heavy atom. The summed E-state index contributed by atoms with van der Waals surface area (Å²) in [6.07, 6.45) is 4.85. The molecule has 3 aliphatic heterocycles. The van der Waals surface area contributed by atoms with Crippen LogP contribution in [0, 0.1) is 5.92 Å². The first-order valence-corrected chi connectivity index (χ1v) is 9.63. The highest BCUT2D eigenvalue weighted by Crippen LogP contribution is 2.21. The zero-order chi connectivity index (χ0) is 17.5. The first-order chi connectivity index (χ1) is 12.3. The monoisotopic (exact) mass is 350 g/mol. The summed E-state index contributed by atoms with van der Waals surface area (Å²) in [6, 6.07) is 0.643. The zero-order valence-corrected chi connectivity index (χ0v) is 15.0. The van der Waals surface area contributed by atoms with Gasteiger partial charge in [0.2, 0.25) is 0 Å². The van der Waals surface area contributed by atoms with E-state index in [4.69, 9.17) is 4.84 Å². The minimum Gasteiger partial charge on any atom is -0.363 e. The molecule has 0 aromatic heterocycles. The van der Waals surface area contributed by atoms with Gasteiger partial charge in [0, 0.05) is 32.2 Å². The summed E-state index contributed by atoms with van der Waals surface area (Å²) in [5.41, 5.74) is 0.160. The molecule has 0 radical (unpaired) electrons. The fourth-order valence-corrected chi connectivity index (χ4v) is 4.05. The van der Waals surface area contributed by atoms with Crippen LogP contribution in [0.4, 0.5) is 0 Å². The maximum Gasteiger partial charge on any atom is 0.364 e. The Kier molecular flexibility index (Phi) is 7.02. The Morgan fingerprint density at radius 1 is 0.960 bits per heavy atom. The predicted molar refractivity (Wildman–Crippen MR) is 94.5 cm³/mol. The van der Waals surface area contributed by atoms with Gasteiger partial charge in [0.25, 0.3) is 0 Å². The second-order valence-electron chi connectivity index (χ2n) is 7.30. The molecule has 3 saturated heterocycles. The summed E-state index contributed by atoms with van der Waals surface area (Å²) < 4.78 is 0. The Hall–Kier alpha value is -1.24. The standard InChI is InChI=1S/C18H30N4O3/c23-14-16(13-15-1-5-19-6-2-15)18(24)25-22-11-9-21(10-12-22)17-3-7-20-8-4-17/h15,17,19-20H,1-13H2. The van der Waals surface area contributed by atoms with Gasteiger partial charge in [-0.2, -0.15) is 0 Å². The van der Waals surface area contributed by atoms with Gasteiger partial charge in [0.1, 0.15) is 11.5 Å². The van der Waals surface area contributed by atoms with E-state index in [1.54, 1.807) is 5.06 Å². The maximum atomic E-state index is 12.3. The first kappa shape index (κ1) is 18.5. The number of carbonyl (C=O) groups excluding carboxylic acids is 2. The Labute approximate surface area is 149 Å². The van der Waals surface area contributed by atoms with Crippen LogP contribution >= 0.6 is 0 Å². The smallest absolute Gasteiger partial charge is 0.363 e. The molecule has 0 saturated carbocycles. The van der Waals surface area contributed by atoms with Crippen molar-refractivity contribution in [2.75, 3.05) is 52.4 Å². The molecule has 0 atom stereocenters. The molecule has 0 spiro atoms. The van der Waals surface area contributed by atoms with Gasteiger partial charge in [0.05, 0.1) is 0 Å². The van der Waals surface area contributed by atoms with E-state index in [0.29, 0.717) is 31.5 Å². The zero-order valence-electron chi connectivity index (χ0n) is 15.0. The molecule has 7 heteroatoms. The molecule has 140 valence electrons. The molecule has 0 aliphatic carbocycles. The van der Waals surface area contributed by atoms with E-state index in [1.807, 2.05) is 5.94 Å². The van der Waals surface area contributed by atoms with Crippen LogP contribution in [0.3, 0.4) is 0 Å². The summed E-state index contributed by atoms with van der Waals surface area (Å²) in [5, 5.41) is 8.39. The van der Waals surface area contributed by atoms with Crippen molar-refractivity contribution in [3.8, 4) is 0 Å². The molecule has 0 unspecified atom stereocenters. The van der Waals surface area contributed by atoms with Gasteiger partial charge in [-0.05, 0) is 64.2 Å². The highest BCUT2D eigenvalue weighted by Gasteiger charge is 2.28. The third kappa shape index (κ3) is 5.36. The number of hydroxylamine groups is 2. The fourth-order valence-electron chi connectivity index (χ4n) is 4.05. The third-order valence-corrected chi connectivity index (χ3v) is 5.63. The minimum atomic E-state index is -0.510. The third-order valence-electron chi connectivity index (χ3n) is 5.63. The quantitative estimate of drug-likeness (QED) is 0.532. The first-order valence-electron chi connectivity index (χ1n) is 9.63. The van der Waals surface area contributed by atoms with E-state index in [0.717, 1.165) is 52.1 Å². The summed E-state index contributed by atoms with van der Waals surface area (Å²) in [4.78, 5) is 31.5. The van der Waals surface area contributed by atoms with Gasteiger partial charge in [-0.15, -0.1) is 5.06 Å². The number of rotatable bonds is 5. The number of piperazine rings is 1. The highest BCUT2D eigenvalue weighted by atomic mass is 16.7. The highest BCUT2D eigenvalue weighted by molar-refractivity contribution is 5.96. The Bertz CT molecular complexity index is 487. The van der Waals surface area contributed by atoms with E-state index >= 15 is 0 Å². The lowest BCUT2D eigenvalue weighted by Crippen LogP contribution is -2.53. The number of hydrogen-bond acceptors (Lipinski definition) is 7.